The summed E-state index contributed by atoms with van der Waals surface area (Å²) in [7, 11) is 1.44. The number of hydrogen-bond donors (Lipinski definition) is 1. The summed E-state index contributed by atoms with van der Waals surface area (Å²) in [5.41, 5.74) is 6.22. The lowest BCUT2D eigenvalue weighted by atomic mass is 10.2. The highest BCUT2D eigenvalue weighted by Crippen LogP contribution is 2.29. The second-order valence-electron chi connectivity index (χ2n) is 4.51. The molecule has 0 saturated heterocycles. The van der Waals surface area contributed by atoms with Gasteiger partial charge in [-0.2, -0.15) is 0 Å². The standard InChI is InChI=1S/C16H15BrClNO4/c1-21-15-9-14(19)13(18)8-12(15)16(20)23-7-6-22-11-4-2-10(17)3-5-11/h2-5,8-9H,6-7,19H2,1H3. The average molecular weight is 401 g/mol. The number of methoxy groups -OCH3 is 1. The minimum Gasteiger partial charge on any atom is -0.496 e. The molecule has 0 atom stereocenters. The summed E-state index contributed by atoms with van der Waals surface area (Å²) in [6.45, 7) is 0.332. The first-order valence-electron chi connectivity index (χ1n) is 6.69. The second kappa shape index (κ2) is 8.08. The van der Waals surface area contributed by atoms with Crippen molar-refractivity contribution < 1.29 is 19.0 Å². The van der Waals surface area contributed by atoms with Gasteiger partial charge in [0, 0.05) is 10.5 Å². The zero-order valence-corrected chi connectivity index (χ0v) is 14.7. The van der Waals surface area contributed by atoms with Gasteiger partial charge in [-0.05, 0) is 30.3 Å². The monoisotopic (exact) mass is 399 g/mol. The summed E-state index contributed by atoms with van der Waals surface area (Å²) in [5.74, 6) is 0.450. The highest BCUT2D eigenvalue weighted by Gasteiger charge is 2.16. The van der Waals surface area contributed by atoms with E-state index in [-0.39, 0.29) is 23.8 Å². The van der Waals surface area contributed by atoms with E-state index in [0.717, 1.165) is 4.47 Å². The van der Waals surface area contributed by atoms with Gasteiger partial charge in [0.1, 0.15) is 30.3 Å². The first-order chi connectivity index (χ1) is 11.0. The molecule has 2 aromatic carbocycles. The van der Waals surface area contributed by atoms with E-state index in [0.29, 0.717) is 17.2 Å². The number of carbonyl (C=O) groups is 1. The van der Waals surface area contributed by atoms with Gasteiger partial charge in [0.2, 0.25) is 0 Å². The average Bonchev–Trinajstić information content (AvgIpc) is 2.55. The van der Waals surface area contributed by atoms with E-state index < -0.39 is 5.97 Å². The Morgan fingerprint density at radius 1 is 1.22 bits per heavy atom. The molecule has 0 fully saturated rings. The Labute approximate surface area is 147 Å². The number of carbonyl (C=O) groups excluding carboxylic acids is 1. The third kappa shape index (κ3) is 4.77. The maximum Gasteiger partial charge on any atom is 0.342 e. The number of halogens is 2. The quantitative estimate of drug-likeness (QED) is 0.452. The topological polar surface area (TPSA) is 70.8 Å². The van der Waals surface area contributed by atoms with Crippen molar-refractivity contribution in [2.75, 3.05) is 26.1 Å². The van der Waals surface area contributed by atoms with Gasteiger partial charge in [-0.15, -0.1) is 0 Å². The third-order valence-electron chi connectivity index (χ3n) is 2.94. The maximum atomic E-state index is 12.1. The van der Waals surface area contributed by atoms with Gasteiger partial charge in [0.25, 0.3) is 0 Å². The van der Waals surface area contributed by atoms with Crippen molar-refractivity contribution in [2.45, 2.75) is 0 Å². The van der Waals surface area contributed by atoms with Gasteiger partial charge in [-0.25, -0.2) is 4.79 Å². The minimum absolute atomic E-state index is 0.0973. The molecule has 0 aliphatic carbocycles. The SMILES string of the molecule is COc1cc(N)c(Cl)cc1C(=O)OCCOc1ccc(Br)cc1. The van der Waals surface area contributed by atoms with Crippen molar-refractivity contribution in [2.24, 2.45) is 0 Å². The summed E-state index contributed by atoms with van der Waals surface area (Å²) in [4.78, 5) is 12.1. The Morgan fingerprint density at radius 3 is 2.57 bits per heavy atom. The highest BCUT2D eigenvalue weighted by molar-refractivity contribution is 9.10. The van der Waals surface area contributed by atoms with Crippen molar-refractivity contribution >= 4 is 39.2 Å². The molecule has 0 unspecified atom stereocenters. The van der Waals surface area contributed by atoms with Crippen molar-refractivity contribution in [1.82, 2.24) is 0 Å². The van der Waals surface area contributed by atoms with Crippen LogP contribution in [0.5, 0.6) is 11.5 Å². The Morgan fingerprint density at radius 2 is 1.91 bits per heavy atom. The summed E-state index contributed by atoms with van der Waals surface area (Å²) in [5, 5.41) is 0.267. The number of nitrogens with two attached hydrogens (primary N) is 1. The minimum atomic E-state index is -0.553. The Kier molecular flexibility index (Phi) is 6.12. The van der Waals surface area contributed by atoms with Crippen molar-refractivity contribution in [1.29, 1.82) is 0 Å². The van der Waals surface area contributed by atoms with Crippen molar-refractivity contribution in [3.8, 4) is 11.5 Å². The van der Waals surface area contributed by atoms with Crippen LogP contribution in [0.4, 0.5) is 5.69 Å². The predicted molar refractivity (Wildman–Crippen MR) is 92.3 cm³/mol. The number of hydrogen-bond acceptors (Lipinski definition) is 5. The fraction of sp³-hybridized carbons (Fsp3) is 0.188. The molecule has 0 spiro atoms. The molecule has 2 aromatic rings. The fourth-order valence-electron chi connectivity index (χ4n) is 1.80. The molecular weight excluding hydrogens is 386 g/mol. The van der Waals surface area contributed by atoms with Gasteiger partial charge < -0.3 is 19.9 Å². The number of nitrogen functional groups attached to an aromatic ring is 1. The van der Waals surface area contributed by atoms with E-state index in [1.165, 1.54) is 19.2 Å². The summed E-state index contributed by atoms with van der Waals surface area (Å²) in [6.07, 6.45) is 0. The first-order valence-corrected chi connectivity index (χ1v) is 7.87. The molecule has 0 aliphatic rings. The zero-order valence-electron chi connectivity index (χ0n) is 12.3. The molecular formula is C16H15BrClNO4. The van der Waals surface area contributed by atoms with Crippen LogP contribution in [0.3, 0.4) is 0 Å². The normalized spacial score (nSPS) is 10.2. The van der Waals surface area contributed by atoms with Crippen LogP contribution in [-0.2, 0) is 4.74 Å². The lowest BCUT2D eigenvalue weighted by molar-refractivity contribution is 0.0447. The van der Waals surface area contributed by atoms with Crippen LogP contribution in [0.1, 0.15) is 10.4 Å². The maximum absolute atomic E-state index is 12.1. The largest absolute Gasteiger partial charge is 0.496 e. The Bertz CT molecular complexity index is 691. The molecule has 122 valence electrons. The third-order valence-corrected chi connectivity index (χ3v) is 3.79. The Balaban J connectivity index is 1.90. The molecule has 0 saturated carbocycles. The van der Waals surface area contributed by atoms with E-state index in [1.54, 1.807) is 0 Å². The van der Waals surface area contributed by atoms with Crippen LogP contribution in [0.15, 0.2) is 40.9 Å². The first kappa shape index (κ1) is 17.4. The van der Waals surface area contributed by atoms with Crippen molar-refractivity contribution in [3.63, 3.8) is 0 Å². The fourth-order valence-corrected chi connectivity index (χ4v) is 2.23. The molecule has 0 aromatic heterocycles. The molecule has 23 heavy (non-hydrogen) atoms. The highest BCUT2D eigenvalue weighted by atomic mass is 79.9. The lowest BCUT2D eigenvalue weighted by Crippen LogP contribution is -2.13. The zero-order chi connectivity index (χ0) is 16.8. The van der Waals surface area contributed by atoms with E-state index in [9.17, 15) is 4.79 Å². The van der Waals surface area contributed by atoms with Crippen LogP contribution in [0.2, 0.25) is 5.02 Å². The molecule has 2 N–H and O–H groups in total. The van der Waals surface area contributed by atoms with Crippen LogP contribution >= 0.6 is 27.5 Å². The number of esters is 1. The summed E-state index contributed by atoms with van der Waals surface area (Å²) in [6, 6.07) is 10.3. The van der Waals surface area contributed by atoms with Crippen LogP contribution in [0, 0.1) is 0 Å². The molecule has 0 aliphatic heterocycles. The van der Waals surface area contributed by atoms with E-state index in [1.807, 2.05) is 24.3 Å². The van der Waals surface area contributed by atoms with E-state index >= 15 is 0 Å². The molecule has 0 amide bonds. The number of ether oxygens (including phenoxy) is 3. The van der Waals surface area contributed by atoms with Gasteiger partial charge in [-0.1, -0.05) is 27.5 Å². The molecule has 2 rings (SSSR count). The van der Waals surface area contributed by atoms with Gasteiger partial charge in [0.15, 0.2) is 0 Å². The lowest BCUT2D eigenvalue weighted by Gasteiger charge is -2.11. The molecule has 5 nitrogen and oxygen atoms in total. The molecule has 0 bridgehead atoms. The second-order valence-corrected chi connectivity index (χ2v) is 5.84. The number of anilines is 1. The van der Waals surface area contributed by atoms with Crippen LogP contribution < -0.4 is 15.2 Å². The van der Waals surface area contributed by atoms with Gasteiger partial charge in [-0.3, -0.25) is 0 Å². The number of benzene rings is 2. The molecule has 7 heteroatoms. The predicted octanol–water partition coefficient (Wildman–Crippen LogP) is 3.93. The smallest absolute Gasteiger partial charge is 0.342 e. The van der Waals surface area contributed by atoms with E-state index in [2.05, 4.69) is 15.9 Å². The van der Waals surface area contributed by atoms with E-state index in [4.69, 9.17) is 31.5 Å². The van der Waals surface area contributed by atoms with Crippen molar-refractivity contribution in [3.05, 3.63) is 51.5 Å². The van der Waals surface area contributed by atoms with Crippen LogP contribution in [-0.4, -0.2) is 26.3 Å². The molecule has 0 radical (unpaired) electrons. The van der Waals surface area contributed by atoms with Gasteiger partial charge >= 0.3 is 5.97 Å². The Hall–Kier alpha value is -1.92. The summed E-state index contributed by atoms with van der Waals surface area (Å²) < 4.78 is 16.7. The number of rotatable bonds is 6. The van der Waals surface area contributed by atoms with Crippen LogP contribution in [0.25, 0.3) is 0 Å². The summed E-state index contributed by atoms with van der Waals surface area (Å²) >= 11 is 9.26. The van der Waals surface area contributed by atoms with Gasteiger partial charge in [0.05, 0.1) is 17.8 Å². The molecule has 0 heterocycles.